The van der Waals surface area contributed by atoms with Crippen molar-refractivity contribution in [2.75, 3.05) is 7.11 Å². The van der Waals surface area contributed by atoms with E-state index in [0.29, 0.717) is 22.4 Å². The van der Waals surface area contributed by atoms with Gasteiger partial charge in [0.2, 0.25) is 0 Å². The number of nitriles is 1. The molecule has 1 aliphatic heterocycles. The standard InChI is InChI=1S/C26H22N2O5/c1-26(2,3)33-25(31)28-22(16-10-12-17(32-4)13-11-16)21-20(24(28)30)19(18(14-27)23(21)29)15-8-6-5-7-9-15/h5-13,18H,1-4H3. The zero-order valence-corrected chi connectivity index (χ0v) is 18.7. The molecule has 0 saturated carbocycles. The second-order valence-electron chi connectivity index (χ2n) is 8.65. The van der Waals surface area contributed by atoms with Gasteiger partial charge in [-0.1, -0.05) is 30.3 Å². The number of ketones is 1. The number of amides is 2. The van der Waals surface area contributed by atoms with Gasteiger partial charge in [-0.05, 0) is 61.7 Å². The lowest BCUT2D eigenvalue weighted by Crippen LogP contribution is -2.37. The number of carbonyl (C=O) groups is 3. The molecule has 0 radical (unpaired) electrons. The van der Waals surface area contributed by atoms with Crippen LogP contribution in [0.1, 0.15) is 31.9 Å². The molecule has 2 aromatic carbocycles. The van der Waals surface area contributed by atoms with Gasteiger partial charge in [-0.3, -0.25) is 9.59 Å². The first-order valence-electron chi connectivity index (χ1n) is 10.4. The van der Waals surface area contributed by atoms with Crippen LogP contribution in [0.4, 0.5) is 4.79 Å². The van der Waals surface area contributed by atoms with Crippen LogP contribution in [-0.4, -0.2) is 35.4 Å². The molecule has 33 heavy (non-hydrogen) atoms. The Morgan fingerprint density at radius 2 is 1.61 bits per heavy atom. The number of imide groups is 1. The van der Waals surface area contributed by atoms with Crippen molar-refractivity contribution in [3.63, 3.8) is 0 Å². The van der Waals surface area contributed by atoms with E-state index in [4.69, 9.17) is 9.47 Å². The lowest BCUT2D eigenvalue weighted by Gasteiger charge is -2.25. The fraction of sp³-hybridized carbons (Fsp3) is 0.231. The summed E-state index contributed by atoms with van der Waals surface area (Å²) in [4.78, 5) is 41.1. The zero-order valence-electron chi connectivity index (χ0n) is 18.7. The van der Waals surface area contributed by atoms with E-state index in [1.54, 1.807) is 75.4 Å². The van der Waals surface area contributed by atoms with Gasteiger partial charge in [0.25, 0.3) is 5.91 Å². The number of Topliss-reactive ketones (excluding diaryl/α,β-unsaturated/α-hetero) is 1. The monoisotopic (exact) mass is 442 g/mol. The van der Waals surface area contributed by atoms with E-state index in [1.165, 1.54) is 7.11 Å². The summed E-state index contributed by atoms with van der Waals surface area (Å²) in [5, 5.41) is 9.80. The molecule has 2 aliphatic rings. The van der Waals surface area contributed by atoms with Crippen LogP contribution in [-0.2, 0) is 14.3 Å². The van der Waals surface area contributed by atoms with Crippen LogP contribution >= 0.6 is 0 Å². The van der Waals surface area contributed by atoms with Gasteiger partial charge in [-0.2, -0.15) is 5.26 Å². The third-order valence-electron chi connectivity index (χ3n) is 5.35. The molecule has 7 nitrogen and oxygen atoms in total. The van der Waals surface area contributed by atoms with Crippen molar-refractivity contribution >= 4 is 29.1 Å². The second kappa shape index (κ2) is 8.06. The Balaban J connectivity index is 1.99. The van der Waals surface area contributed by atoms with Gasteiger partial charge in [0.05, 0.1) is 30.0 Å². The molecule has 1 atom stereocenters. The Bertz CT molecular complexity index is 1260. The Morgan fingerprint density at radius 3 is 2.15 bits per heavy atom. The molecule has 1 unspecified atom stereocenters. The van der Waals surface area contributed by atoms with Crippen molar-refractivity contribution in [3.05, 3.63) is 76.9 Å². The number of allylic oxidation sites excluding steroid dienone is 1. The maximum atomic E-state index is 13.7. The van der Waals surface area contributed by atoms with Gasteiger partial charge in [0, 0.05) is 0 Å². The maximum Gasteiger partial charge on any atom is 0.422 e. The first kappa shape index (κ1) is 22.0. The quantitative estimate of drug-likeness (QED) is 0.701. The Morgan fingerprint density at radius 1 is 0.970 bits per heavy atom. The summed E-state index contributed by atoms with van der Waals surface area (Å²) in [7, 11) is 1.52. The van der Waals surface area contributed by atoms with Crippen molar-refractivity contribution in [2.24, 2.45) is 5.92 Å². The summed E-state index contributed by atoms with van der Waals surface area (Å²) < 4.78 is 10.7. The number of nitrogens with zero attached hydrogens (tertiary/aromatic N) is 2. The highest BCUT2D eigenvalue weighted by molar-refractivity contribution is 6.35. The van der Waals surface area contributed by atoms with Gasteiger partial charge in [-0.25, -0.2) is 9.69 Å². The molecule has 2 amide bonds. The molecule has 166 valence electrons. The van der Waals surface area contributed by atoms with Gasteiger partial charge in [0.15, 0.2) is 5.78 Å². The van der Waals surface area contributed by atoms with E-state index >= 15 is 0 Å². The van der Waals surface area contributed by atoms with Crippen LogP contribution in [0.3, 0.4) is 0 Å². The smallest absolute Gasteiger partial charge is 0.422 e. The Hall–Kier alpha value is -4.18. The van der Waals surface area contributed by atoms with Gasteiger partial charge in [-0.15, -0.1) is 0 Å². The lowest BCUT2D eigenvalue weighted by molar-refractivity contribution is -0.122. The molecule has 0 spiro atoms. The fourth-order valence-electron chi connectivity index (χ4n) is 4.02. The van der Waals surface area contributed by atoms with Crippen LogP contribution in [0, 0.1) is 17.2 Å². The van der Waals surface area contributed by atoms with Crippen molar-refractivity contribution in [3.8, 4) is 11.8 Å². The van der Waals surface area contributed by atoms with Gasteiger partial charge < -0.3 is 9.47 Å². The lowest BCUT2D eigenvalue weighted by atomic mass is 9.93. The van der Waals surface area contributed by atoms with Crippen molar-refractivity contribution in [1.29, 1.82) is 5.26 Å². The summed E-state index contributed by atoms with van der Waals surface area (Å²) >= 11 is 0. The number of hydrogen-bond donors (Lipinski definition) is 0. The van der Waals surface area contributed by atoms with Crippen LogP contribution in [0.2, 0.25) is 0 Å². The van der Waals surface area contributed by atoms with Crippen LogP contribution in [0.5, 0.6) is 5.75 Å². The number of carbonyl (C=O) groups excluding carboxylic acids is 3. The second-order valence-corrected chi connectivity index (χ2v) is 8.65. The molecule has 4 rings (SSSR count). The fourth-order valence-corrected chi connectivity index (χ4v) is 4.02. The van der Waals surface area contributed by atoms with E-state index in [0.717, 1.165) is 4.90 Å². The molecule has 0 saturated heterocycles. The van der Waals surface area contributed by atoms with Crippen molar-refractivity contribution < 1.29 is 23.9 Å². The SMILES string of the molecule is COc1ccc(C2=C3C(=O)C(C#N)C(c4ccccc4)=C3C(=O)N2C(=O)OC(C)(C)C)cc1. The first-order valence-corrected chi connectivity index (χ1v) is 10.4. The number of rotatable bonds is 3. The molecular formula is C26H22N2O5. The van der Waals surface area contributed by atoms with E-state index in [9.17, 15) is 19.6 Å². The number of benzene rings is 2. The average molecular weight is 442 g/mol. The molecule has 7 heteroatoms. The maximum absolute atomic E-state index is 13.7. The molecular weight excluding hydrogens is 420 g/mol. The minimum absolute atomic E-state index is 0.0569. The minimum Gasteiger partial charge on any atom is -0.497 e. The third kappa shape index (κ3) is 3.70. The molecule has 0 N–H and O–H groups in total. The molecule has 1 heterocycles. The topological polar surface area (TPSA) is 96.7 Å². The average Bonchev–Trinajstić information content (AvgIpc) is 3.25. The van der Waals surface area contributed by atoms with Crippen LogP contribution < -0.4 is 4.74 Å². The highest BCUT2D eigenvalue weighted by Crippen LogP contribution is 2.49. The first-order chi connectivity index (χ1) is 15.7. The van der Waals surface area contributed by atoms with Crippen LogP contribution in [0.25, 0.3) is 11.3 Å². The zero-order chi connectivity index (χ0) is 23.9. The highest BCUT2D eigenvalue weighted by Gasteiger charge is 2.52. The minimum atomic E-state index is -1.14. The van der Waals surface area contributed by atoms with Crippen molar-refractivity contribution in [2.45, 2.75) is 26.4 Å². The van der Waals surface area contributed by atoms with Crippen LogP contribution in [0.15, 0.2) is 65.7 Å². The Labute approximate surface area is 191 Å². The summed E-state index contributed by atoms with van der Waals surface area (Å²) in [6.07, 6.45) is -0.888. The number of hydrogen-bond acceptors (Lipinski definition) is 6. The normalized spacial score (nSPS) is 17.9. The van der Waals surface area contributed by atoms with E-state index in [2.05, 4.69) is 0 Å². The summed E-state index contributed by atoms with van der Waals surface area (Å²) in [6, 6.07) is 17.5. The predicted molar refractivity (Wildman–Crippen MR) is 120 cm³/mol. The van der Waals surface area contributed by atoms with E-state index in [1.807, 2.05) is 6.07 Å². The molecule has 0 fully saturated rings. The van der Waals surface area contributed by atoms with Gasteiger partial charge in [0.1, 0.15) is 17.3 Å². The molecule has 2 aromatic rings. The summed E-state index contributed by atoms with van der Waals surface area (Å²) in [6.45, 7) is 5.08. The van der Waals surface area contributed by atoms with Crippen molar-refractivity contribution in [1.82, 2.24) is 4.90 Å². The molecule has 0 aromatic heterocycles. The summed E-state index contributed by atoms with van der Waals surface area (Å²) in [5.74, 6) is -1.77. The highest BCUT2D eigenvalue weighted by atomic mass is 16.6. The Kier molecular flexibility index (Phi) is 5.38. The number of ether oxygens (including phenoxy) is 2. The third-order valence-corrected chi connectivity index (χ3v) is 5.35. The predicted octanol–water partition coefficient (Wildman–Crippen LogP) is 4.36. The number of methoxy groups -OCH3 is 1. The number of fused-ring (bicyclic) bond motifs is 1. The van der Waals surface area contributed by atoms with E-state index in [-0.39, 0.29) is 16.8 Å². The molecule has 1 aliphatic carbocycles. The molecule has 0 bridgehead atoms. The largest absolute Gasteiger partial charge is 0.497 e. The van der Waals surface area contributed by atoms with E-state index < -0.39 is 29.3 Å². The summed E-state index contributed by atoms with van der Waals surface area (Å²) in [5.41, 5.74) is 0.718. The van der Waals surface area contributed by atoms with Gasteiger partial charge >= 0.3 is 6.09 Å².